The quantitative estimate of drug-likeness (QED) is 0.0690. The van der Waals surface area contributed by atoms with Crippen molar-refractivity contribution in [2.75, 3.05) is 6.54 Å². The molecule has 36 heavy (non-hydrogen) atoms. The molecule has 0 aromatic carbocycles. The molecule has 0 aliphatic carbocycles. The molecule has 0 saturated carbocycles. The van der Waals surface area contributed by atoms with Gasteiger partial charge in [0.15, 0.2) is 11.0 Å². The predicted molar refractivity (Wildman–Crippen MR) is 136 cm³/mol. The van der Waals surface area contributed by atoms with Crippen molar-refractivity contribution in [1.29, 1.82) is 0 Å². The third-order valence-corrected chi connectivity index (χ3v) is 5.72. The van der Waals surface area contributed by atoms with Crippen molar-refractivity contribution in [3.8, 4) is 0 Å². The molecule has 14 heteroatoms. The Labute approximate surface area is 214 Å². The van der Waals surface area contributed by atoms with Crippen LogP contribution in [0.4, 0.5) is 0 Å². The summed E-state index contributed by atoms with van der Waals surface area (Å²) in [6, 6.07) is -2.96. The molecule has 0 saturated heterocycles. The number of aliphatic imine (C=N–C) groups is 1. The van der Waals surface area contributed by atoms with Gasteiger partial charge in [0, 0.05) is 31.5 Å². The number of carbonyl (C=O) groups excluding carboxylic acids is 5. The SMILES string of the molecule is CC(=O)N[C@@H](CCC(N)=O)C(=O)N[C@@H](CC(C)C)C(=O)N[C@H](CCCN=C(N)N)C(=O)c1nccs1. The molecule has 0 spiro atoms. The Hall–Kier alpha value is -3.55. The first-order chi connectivity index (χ1) is 16.9. The topological polar surface area (TPSA) is 225 Å². The van der Waals surface area contributed by atoms with Gasteiger partial charge in [-0.15, -0.1) is 11.3 Å². The van der Waals surface area contributed by atoms with E-state index in [9.17, 15) is 24.0 Å². The van der Waals surface area contributed by atoms with Gasteiger partial charge in [-0.1, -0.05) is 13.8 Å². The zero-order valence-electron chi connectivity index (χ0n) is 20.8. The van der Waals surface area contributed by atoms with Gasteiger partial charge in [0.05, 0.1) is 6.04 Å². The Bertz CT molecular complexity index is 931. The van der Waals surface area contributed by atoms with Crippen LogP contribution in [0.5, 0.6) is 0 Å². The summed E-state index contributed by atoms with van der Waals surface area (Å²) in [5, 5.41) is 9.73. The fourth-order valence-corrected chi connectivity index (χ4v) is 3.95. The molecular weight excluding hydrogens is 488 g/mol. The van der Waals surface area contributed by atoms with Crippen LogP contribution >= 0.6 is 11.3 Å². The average molecular weight is 525 g/mol. The van der Waals surface area contributed by atoms with Crippen LogP contribution in [0.1, 0.15) is 62.7 Å². The van der Waals surface area contributed by atoms with E-state index < -0.39 is 41.8 Å². The van der Waals surface area contributed by atoms with E-state index in [4.69, 9.17) is 17.2 Å². The Morgan fingerprint density at radius 2 is 1.61 bits per heavy atom. The largest absolute Gasteiger partial charge is 0.370 e. The van der Waals surface area contributed by atoms with E-state index in [0.29, 0.717) is 6.42 Å². The zero-order valence-corrected chi connectivity index (χ0v) is 21.6. The summed E-state index contributed by atoms with van der Waals surface area (Å²) in [5.41, 5.74) is 15.9. The Morgan fingerprint density at radius 1 is 0.972 bits per heavy atom. The number of rotatable bonds is 16. The molecule has 1 heterocycles. The molecular formula is C22H36N8O5S. The van der Waals surface area contributed by atoms with Crippen LogP contribution in [0.3, 0.4) is 0 Å². The highest BCUT2D eigenvalue weighted by molar-refractivity contribution is 7.11. The summed E-state index contributed by atoms with van der Waals surface area (Å²) >= 11 is 1.15. The molecule has 9 N–H and O–H groups in total. The highest BCUT2D eigenvalue weighted by Crippen LogP contribution is 2.13. The van der Waals surface area contributed by atoms with Crippen molar-refractivity contribution in [3.05, 3.63) is 16.6 Å². The highest BCUT2D eigenvalue weighted by atomic mass is 32.1. The van der Waals surface area contributed by atoms with Crippen LogP contribution in [0.25, 0.3) is 0 Å². The van der Waals surface area contributed by atoms with E-state index in [2.05, 4.69) is 25.9 Å². The van der Waals surface area contributed by atoms with Crippen molar-refractivity contribution in [2.45, 2.75) is 71.0 Å². The number of hydrogen-bond donors (Lipinski definition) is 6. The second-order valence-corrected chi connectivity index (χ2v) is 9.55. The maximum absolute atomic E-state index is 13.2. The number of carbonyl (C=O) groups is 5. The van der Waals surface area contributed by atoms with Crippen molar-refractivity contribution in [3.63, 3.8) is 0 Å². The van der Waals surface area contributed by atoms with Crippen LogP contribution in [-0.4, -0.2) is 65.0 Å². The number of primary amides is 1. The molecule has 0 bridgehead atoms. The normalized spacial score (nSPS) is 13.2. The minimum Gasteiger partial charge on any atom is -0.370 e. The highest BCUT2D eigenvalue weighted by Gasteiger charge is 2.30. The minimum atomic E-state index is -1.05. The number of guanidine groups is 1. The molecule has 200 valence electrons. The van der Waals surface area contributed by atoms with Gasteiger partial charge in [-0.05, 0) is 31.6 Å². The predicted octanol–water partition coefficient (Wildman–Crippen LogP) is -0.835. The van der Waals surface area contributed by atoms with Gasteiger partial charge < -0.3 is 33.2 Å². The maximum Gasteiger partial charge on any atom is 0.243 e. The van der Waals surface area contributed by atoms with Crippen molar-refractivity contribution in [2.24, 2.45) is 28.1 Å². The first kappa shape index (κ1) is 30.5. The summed E-state index contributed by atoms with van der Waals surface area (Å²) in [5.74, 6) is -2.73. The van der Waals surface area contributed by atoms with Gasteiger partial charge in [0.25, 0.3) is 0 Å². The van der Waals surface area contributed by atoms with Gasteiger partial charge >= 0.3 is 0 Å². The van der Waals surface area contributed by atoms with Gasteiger partial charge in [0.1, 0.15) is 12.1 Å². The molecule has 4 amide bonds. The Kier molecular flexibility index (Phi) is 13.1. The molecule has 1 rings (SSSR count). The summed E-state index contributed by atoms with van der Waals surface area (Å²) < 4.78 is 0. The number of nitrogens with zero attached hydrogens (tertiary/aromatic N) is 2. The van der Waals surface area contributed by atoms with Crippen molar-refractivity contribution in [1.82, 2.24) is 20.9 Å². The summed E-state index contributed by atoms with van der Waals surface area (Å²) in [7, 11) is 0. The number of hydrogen-bond acceptors (Lipinski definition) is 8. The molecule has 0 aliphatic heterocycles. The number of Topliss-reactive ketones (excluding diaryl/α,β-unsaturated/α-hetero) is 1. The van der Waals surface area contributed by atoms with Crippen molar-refractivity contribution >= 4 is 46.7 Å². The summed E-state index contributed by atoms with van der Waals surface area (Å²) in [6.07, 6.45) is 2.28. The fraction of sp³-hybridized carbons (Fsp3) is 0.591. The molecule has 1 aromatic rings. The lowest BCUT2D eigenvalue weighted by atomic mass is 10.0. The van der Waals surface area contributed by atoms with E-state index in [1.807, 2.05) is 13.8 Å². The molecule has 1 aromatic heterocycles. The van der Waals surface area contributed by atoms with Crippen LogP contribution in [0.2, 0.25) is 0 Å². The van der Waals surface area contributed by atoms with E-state index in [1.165, 1.54) is 13.1 Å². The first-order valence-electron chi connectivity index (χ1n) is 11.6. The lowest BCUT2D eigenvalue weighted by Gasteiger charge is -2.25. The number of nitrogens with one attached hydrogen (secondary N) is 3. The maximum atomic E-state index is 13.2. The van der Waals surface area contributed by atoms with Crippen LogP contribution in [-0.2, 0) is 19.2 Å². The number of thiazole rings is 1. The van der Waals surface area contributed by atoms with E-state index in [-0.39, 0.29) is 54.9 Å². The van der Waals surface area contributed by atoms with Gasteiger partial charge in [0.2, 0.25) is 29.4 Å². The van der Waals surface area contributed by atoms with E-state index in [0.717, 1.165) is 11.3 Å². The second-order valence-electron chi connectivity index (χ2n) is 8.66. The summed E-state index contributed by atoms with van der Waals surface area (Å²) in [6.45, 7) is 5.25. The lowest BCUT2D eigenvalue weighted by molar-refractivity contribution is -0.132. The van der Waals surface area contributed by atoms with Gasteiger partial charge in [-0.3, -0.25) is 29.0 Å². The third kappa shape index (κ3) is 11.7. The fourth-order valence-electron chi connectivity index (χ4n) is 3.31. The third-order valence-electron chi connectivity index (χ3n) is 4.93. The van der Waals surface area contributed by atoms with E-state index >= 15 is 0 Å². The number of nitrogens with two attached hydrogens (primary N) is 3. The van der Waals surface area contributed by atoms with E-state index in [1.54, 1.807) is 5.38 Å². The lowest BCUT2D eigenvalue weighted by Crippen LogP contribution is -2.56. The standard InChI is InChI=1S/C22H36N8O5S/c1-12(2)11-16(30-19(34)15(28-13(3)31)6-7-17(23)32)20(35)29-14(5-4-8-27-22(24)25)18(33)21-26-9-10-36-21/h9-10,12,14-16H,4-8,11H2,1-3H3,(H2,23,32)(H,28,31)(H,29,35)(H,30,34)(H4,24,25,27)/t14-,15+,16+/m1/s1. The molecule has 3 atom stereocenters. The smallest absolute Gasteiger partial charge is 0.243 e. The van der Waals surface area contributed by atoms with Gasteiger partial charge in [-0.25, -0.2) is 4.98 Å². The summed E-state index contributed by atoms with van der Waals surface area (Å²) in [4.78, 5) is 69.8. The number of amides is 4. The minimum absolute atomic E-state index is 0.0147. The zero-order chi connectivity index (χ0) is 27.3. The second kappa shape index (κ2) is 15.4. The molecule has 0 aliphatic rings. The Balaban J connectivity index is 3.03. The molecule has 0 unspecified atom stereocenters. The van der Waals surface area contributed by atoms with Crippen molar-refractivity contribution < 1.29 is 24.0 Å². The average Bonchev–Trinajstić information content (AvgIpc) is 3.31. The molecule has 0 radical (unpaired) electrons. The van der Waals surface area contributed by atoms with Gasteiger partial charge in [-0.2, -0.15) is 0 Å². The van der Waals surface area contributed by atoms with Crippen LogP contribution in [0, 0.1) is 5.92 Å². The molecule has 13 nitrogen and oxygen atoms in total. The molecule has 0 fully saturated rings. The number of aromatic nitrogens is 1. The first-order valence-corrected chi connectivity index (χ1v) is 12.4. The number of ketones is 1. The van der Waals surface area contributed by atoms with Crippen LogP contribution in [0.15, 0.2) is 16.6 Å². The Morgan fingerprint density at radius 3 is 2.14 bits per heavy atom. The monoisotopic (exact) mass is 524 g/mol. The van der Waals surface area contributed by atoms with Crippen LogP contribution < -0.4 is 33.2 Å².